The van der Waals surface area contributed by atoms with E-state index in [0.29, 0.717) is 10.3 Å². The molecule has 2 nitrogen and oxygen atoms in total. The van der Waals surface area contributed by atoms with Crippen LogP contribution in [0.1, 0.15) is 5.82 Å². The second-order valence-corrected chi connectivity index (χ2v) is 4.11. The van der Waals surface area contributed by atoms with Gasteiger partial charge in [-0.05, 0) is 6.26 Å². The molecule has 5 heteroatoms. The Bertz CT molecular complexity index is 273. The zero-order valence-corrected chi connectivity index (χ0v) is 9.30. The van der Waals surface area contributed by atoms with Crippen LogP contribution in [0.25, 0.3) is 0 Å². The van der Waals surface area contributed by atoms with E-state index < -0.39 is 0 Å². The monoisotopic (exact) mass is 224 g/mol. The Hall–Kier alpha value is 0.140. The number of nitrogens with zero attached hydrogens (tertiary/aromatic N) is 2. The number of imidazole rings is 1. The molecule has 0 aliphatic carbocycles. The summed E-state index contributed by atoms with van der Waals surface area (Å²) in [6.45, 7) is 0. The number of hydrogen-bond donors (Lipinski definition) is 0. The van der Waals surface area contributed by atoms with Crippen molar-refractivity contribution in [3.63, 3.8) is 0 Å². The van der Waals surface area contributed by atoms with Crippen LogP contribution in [-0.4, -0.2) is 21.6 Å². The standard InChI is InChI=1S/C7H10Cl2N2S/c1-11-5(3-4-12-2)10-6(8)7(11)9/h3-4H2,1-2H3. The van der Waals surface area contributed by atoms with Crippen molar-refractivity contribution in [3.8, 4) is 0 Å². The highest BCUT2D eigenvalue weighted by Gasteiger charge is 2.09. The molecular weight excluding hydrogens is 215 g/mol. The van der Waals surface area contributed by atoms with Gasteiger partial charge in [-0.2, -0.15) is 11.8 Å². The summed E-state index contributed by atoms with van der Waals surface area (Å²) in [6.07, 6.45) is 2.97. The number of aryl methyl sites for hydroxylation is 1. The van der Waals surface area contributed by atoms with Crippen LogP contribution >= 0.6 is 35.0 Å². The van der Waals surface area contributed by atoms with Gasteiger partial charge in [-0.15, -0.1) is 0 Å². The van der Waals surface area contributed by atoms with Gasteiger partial charge in [-0.25, -0.2) is 4.98 Å². The van der Waals surface area contributed by atoms with Crippen molar-refractivity contribution in [3.05, 3.63) is 16.1 Å². The molecule has 0 spiro atoms. The van der Waals surface area contributed by atoms with Crippen molar-refractivity contribution in [2.75, 3.05) is 12.0 Å². The molecule has 0 aliphatic heterocycles. The summed E-state index contributed by atoms with van der Waals surface area (Å²) < 4.78 is 1.82. The van der Waals surface area contributed by atoms with Gasteiger partial charge in [0.1, 0.15) is 11.0 Å². The van der Waals surface area contributed by atoms with E-state index in [9.17, 15) is 0 Å². The third-order valence-corrected chi connectivity index (χ3v) is 3.01. The smallest absolute Gasteiger partial charge is 0.166 e. The molecule has 0 aromatic carbocycles. The van der Waals surface area contributed by atoms with Crippen LogP contribution in [0.5, 0.6) is 0 Å². The minimum absolute atomic E-state index is 0.398. The molecule has 0 amide bonds. The summed E-state index contributed by atoms with van der Waals surface area (Å²) in [6, 6.07) is 0. The van der Waals surface area contributed by atoms with Crippen LogP contribution in [0, 0.1) is 0 Å². The number of rotatable bonds is 3. The third-order valence-electron chi connectivity index (χ3n) is 1.61. The Morgan fingerprint density at radius 2 is 2.17 bits per heavy atom. The van der Waals surface area contributed by atoms with Gasteiger partial charge >= 0.3 is 0 Å². The molecule has 68 valence electrons. The first kappa shape index (κ1) is 10.2. The molecule has 0 saturated carbocycles. The second kappa shape index (κ2) is 4.40. The van der Waals surface area contributed by atoms with Crippen molar-refractivity contribution in [1.82, 2.24) is 9.55 Å². The van der Waals surface area contributed by atoms with E-state index in [-0.39, 0.29) is 0 Å². The number of thioether (sulfide) groups is 1. The van der Waals surface area contributed by atoms with E-state index in [1.807, 2.05) is 11.6 Å². The van der Waals surface area contributed by atoms with Crippen molar-refractivity contribution in [2.24, 2.45) is 7.05 Å². The maximum Gasteiger partial charge on any atom is 0.166 e. The molecule has 1 heterocycles. The lowest BCUT2D eigenvalue weighted by Crippen LogP contribution is -1.99. The fraction of sp³-hybridized carbons (Fsp3) is 0.571. The SMILES string of the molecule is CSCCc1nc(Cl)c(Cl)n1C. The topological polar surface area (TPSA) is 17.8 Å². The molecular formula is C7H10Cl2N2S. The van der Waals surface area contributed by atoms with Crippen molar-refractivity contribution in [1.29, 1.82) is 0 Å². The number of aromatic nitrogens is 2. The quantitative estimate of drug-likeness (QED) is 0.786. The summed E-state index contributed by atoms with van der Waals surface area (Å²) in [5.41, 5.74) is 0. The van der Waals surface area contributed by atoms with Crippen LogP contribution in [0.15, 0.2) is 0 Å². The highest BCUT2D eigenvalue weighted by molar-refractivity contribution is 7.98. The fourth-order valence-corrected chi connectivity index (χ4v) is 1.65. The molecule has 0 radical (unpaired) electrons. The Morgan fingerprint density at radius 3 is 2.58 bits per heavy atom. The molecule has 0 saturated heterocycles. The van der Waals surface area contributed by atoms with E-state index in [0.717, 1.165) is 18.0 Å². The molecule has 0 fully saturated rings. The van der Waals surface area contributed by atoms with Gasteiger partial charge in [0.2, 0.25) is 0 Å². The van der Waals surface area contributed by atoms with Gasteiger partial charge in [0, 0.05) is 19.2 Å². The average Bonchev–Trinajstić information content (AvgIpc) is 2.30. The summed E-state index contributed by atoms with van der Waals surface area (Å²) in [5.74, 6) is 1.98. The molecule has 1 rings (SSSR count). The molecule has 1 aromatic heterocycles. The van der Waals surface area contributed by atoms with E-state index in [4.69, 9.17) is 23.2 Å². The first-order valence-corrected chi connectivity index (χ1v) is 5.67. The summed E-state index contributed by atoms with van der Waals surface area (Å²) >= 11 is 13.4. The maximum atomic E-state index is 5.84. The lowest BCUT2D eigenvalue weighted by molar-refractivity contribution is 0.812. The zero-order valence-electron chi connectivity index (χ0n) is 6.97. The van der Waals surface area contributed by atoms with E-state index in [2.05, 4.69) is 11.2 Å². The lowest BCUT2D eigenvalue weighted by Gasteiger charge is -1.99. The van der Waals surface area contributed by atoms with Gasteiger partial charge in [-0.1, -0.05) is 23.2 Å². The largest absolute Gasteiger partial charge is 0.321 e. The number of halogens is 2. The molecule has 0 unspecified atom stereocenters. The van der Waals surface area contributed by atoms with Gasteiger partial charge < -0.3 is 4.57 Å². The minimum atomic E-state index is 0.398. The predicted octanol–water partition coefficient (Wildman–Crippen LogP) is 2.63. The Labute approximate surface area is 86.3 Å². The van der Waals surface area contributed by atoms with Gasteiger partial charge in [0.25, 0.3) is 0 Å². The summed E-state index contributed by atoms with van der Waals surface area (Å²) in [7, 11) is 1.87. The third kappa shape index (κ3) is 2.09. The molecule has 0 bridgehead atoms. The van der Waals surface area contributed by atoms with Crippen LogP contribution in [0.2, 0.25) is 10.3 Å². The van der Waals surface area contributed by atoms with Crippen molar-refractivity contribution in [2.45, 2.75) is 6.42 Å². The van der Waals surface area contributed by atoms with Crippen molar-refractivity contribution >= 4 is 35.0 Å². The predicted molar refractivity (Wildman–Crippen MR) is 55.3 cm³/mol. The summed E-state index contributed by atoms with van der Waals surface area (Å²) in [5, 5.41) is 0.919. The highest BCUT2D eigenvalue weighted by Crippen LogP contribution is 2.21. The molecule has 0 aliphatic rings. The fourth-order valence-electron chi connectivity index (χ4n) is 0.903. The Morgan fingerprint density at radius 1 is 1.50 bits per heavy atom. The normalized spacial score (nSPS) is 10.7. The summed E-state index contributed by atoms with van der Waals surface area (Å²) in [4.78, 5) is 4.13. The second-order valence-electron chi connectivity index (χ2n) is 2.41. The first-order valence-electron chi connectivity index (χ1n) is 3.52. The maximum absolute atomic E-state index is 5.84. The molecule has 12 heavy (non-hydrogen) atoms. The van der Waals surface area contributed by atoms with Crippen molar-refractivity contribution < 1.29 is 0 Å². The minimum Gasteiger partial charge on any atom is -0.321 e. The van der Waals surface area contributed by atoms with Crippen LogP contribution in [0.4, 0.5) is 0 Å². The van der Waals surface area contributed by atoms with E-state index in [1.54, 1.807) is 11.8 Å². The van der Waals surface area contributed by atoms with Crippen LogP contribution in [-0.2, 0) is 13.5 Å². The zero-order chi connectivity index (χ0) is 9.14. The molecule has 0 N–H and O–H groups in total. The molecule has 1 aromatic rings. The average molecular weight is 225 g/mol. The van der Waals surface area contributed by atoms with Crippen LogP contribution < -0.4 is 0 Å². The van der Waals surface area contributed by atoms with E-state index in [1.165, 1.54) is 0 Å². The Kier molecular flexibility index (Phi) is 3.75. The van der Waals surface area contributed by atoms with E-state index >= 15 is 0 Å². The van der Waals surface area contributed by atoms with Gasteiger partial charge in [0.15, 0.2) is 5.15 Å². The van der Waals surface area contributed by atoms with Crippen LogP contribution in [0.3, 0.4) is 0 Å². The molecule has 0 atom stereocenters. The Balaban J connectivity index is 2.79. The number of hydrogen-bond acceptors (Lipinski definition) is 2. The van der Waals surface area contributed by atoms with Gasteiger partial charge in [0.05, 0.1) is 0 Å². The lowest BCUT2D eigenvalue weighted by atomic mass is 10.4. The van der Waals surface area contributed by atoms with Gasteiger partial charge in [-0.3, -0.25) is 0 Å². The highest BCUT2D eigenvalue weighted by atomic mass is 35.5. The first-order chi connectivity index (χ1) is 5.66.